The van der Waals surface area contributed by atoms with Gasteiger partial charge in [0.1, 0.15) is 0 Å². The minimum atomic E-state index is 0.148. The molecule has 1 aromatic heterocycles. The zero-order valence-corrected chi connectivity index (χ0v) is 13.4. The Bertz CT molecular complexity index is 656. The van der Waals surface area contributed by atoms with E-state index in [1.54, 1.807) is 0 Å². The Morgan fingerprint density at radius 1 is 1.41 bits per heavy atom. The molecule has 2 aromatic rings. The Hall–Kier alpha value is -2.04. The molecule has 0 atom stereocenters. The standard InChI is InChI=1S/C17H24N4O/c1-3-8-18-16(22)13-6-9-21(10-7-13)17-19-14-5-4-12(2)11-15(14)20-17/h4-5,11,13H,3,6-10H2,1-2H3,(H,18,22)(H,19,20). The van der Waals surface area contributed by atoms with Crippen molar-refractivity contribution in [2.24, 2.45) is 5.92 Å². The van der Waals surface area contributed by atoms with Crippen LogP contribution in [-0.2, 0) is 4.79 Å². The number of carbonyl (C=O) groups is 1. The SMILES string of the molecule is CCCNC(=O)C1CCN(c2nc3ccc(C)cc3[nH]2)CC1. The van der Waals surface area contributed by atoms with Gasteiger partial charge in [0.05, 0.1) is 11.0 Å². The lowest BCUT2D eigenvalue weighted by Crippen LogP contribution is -2.41. The number of aromatic nitrogens is 2. The molecule has 22 heavy (non-hydrogen) atoms. The number of rotatable bonds is 4. The molecule has 1 aromatic carbocycles. The number of nitrogens with zero attached hydrogens (tertiary/aromatic N) is 2. The molecule has 1 saturated heterocycles. The Balaban J connectivity index is 1.64. The first-order chi connectivity index (χ1) is 10.7. The molecule has 1 aliphatic heterocycles. The average Bonchev–Trinajstić information content (AvgIpc) is 2.95. The van der Waals surface area contributed by atoms with E-state index in [9.17, 15) is 4.79 Å². The van der Waals surface area contributed by atoms with Crippen LogP contribution in [0.25, 0.3) is 11.0 Å². The Kier molecular flexibility index (Phi) is 4.32. The molecule has 2 heterocycles. The first kappa shape index (κ1) is 14.9. The van der Waals surface area contributed by atoms with Gasteiger partial charge in [0.15, 0.2) is 0 Å². The number of H-pyrrole nitrogens is 1. The summed E-state index contributed by atoms with van der Waals surface area (Å²) in [4.78, 5) is 22.3. The number of amides is 1. The molecule has 5 heteroatoms. The van der Waals surface area contributed by atoms with Crippen molar-refractivity contribution >= 4 is 22.9 Å². The number of aromatic amines is 1. The van der Waals surface area contributed by atoms with E-state index in [0.29, 0.717) is 0 Å². The Morgan fingerprint density at radius 2 is 2.18 bits per heavy atom. The van der Waals surface area contributed by atoms with Crippen molar-refractivity contribution < 1.29 is 4.79 Å². The third-order valence-electron chi connectivity index (χ3n) is 4.34. The van der Waals surface area contributed by atoms with Crippen molar-refractivity contribution in [2.75, 3.05) is 24.5 Å². The van der Waals surface area contributed by atoms with Crippen molar-refractivity contribution in [2.45, 2.75) is 33.1 Å². The first-order valence-electron chi connectivity index (χ1n) is 8.16. The number of nitrogens with one attached hydrogen (secondary N) is 2. The summed E-state index contributed by atoms with van der Waals surface area (Å²) in [7, 11) is 0. The second kappa shape index (κ2) is 6.38. The van der Waals surface area contributed by atoms with Crippen LogP contribution in [0.5, 0.6) is 0 Å². The fourth-order valence-corrected chi connectivity index (χ4v) is 3.01. The van der Waals surface area contributed by atoms with Gasteiger partial charge in [-0.25, -0.2) is 4.98 Å². The minimum absolute atomic E-state index is 0.148. The Morgan fingerprint density at radius 3 is 2.91 bits per heavy atom. The number of fused-ring (bicyclic) bond motifs is 1. The maximum Gasteiger partial charge on any atom is 0.223 e. The smallest absolute Gasteiger partial charge is 0.223 e. The third-order valence-corrected chi connectivity index (χ3v) is 4.34. The predicted octanol–water partition coefficient (Wildman–Crippen LogP) is 2.61. The van der Waals surface area contributed by atoms with Crippen LogP contribution < -0.4 is 10.2 Å². The van der Waals surface area contributed by atoms with Crippen molar-refractivity contribution in [3.05, 3.63) is 23.8 Å². The van der Waals surface area contributed by atoms with E-state index in [-0.39, 0.29) is 11.8 Å². The number of hydrogen-bond acceptors (Lipinski definition) is 3. The number of aryl methyl sites for hydroxylation is 1. The van der Waals surface area contributed by atoms with E-state index >= 15 is 0 Å². The lowest BCUT2D eigenvalue weighted by atomic mass is 9.96. The summed E-state index contributed by atoms with van der Waals surface area (Å²) in [5, 5.41) is 3.00. The molecule has 0 spiro atoms. The van der Waals surface area contributed by atoms with Crippen molar-refractivity contribution in [3.8, 4) is 0 Å². The van der Waals surface area contributed by atoms with E-state index < -0.39 is 0 Å². The van der Waals surface area contributed by atoms with Gasteiger partial charge in [-0.1, -0.05) is 13.0 Å². The van der Waals surface area contributed by atoms with Crippen LogP contribution in [0.15, 0.2) is 18.2 Å². The first-order valence-corrected chi connectivity index (χ1v) is 8.16. The van der Waals surface area contributed by atoms with Crippen LogP contribution in [0, 0.1) is 12.8 Å². The van der Waals surface area contributed by atoms with E-state index in [4.69, 9.17) is 0 Å². The summed E-state index contributed by atoms with van der Waals surface area (Å²) in [6.45, 7) is 6.69. The summed E-state index contributed by atoms with van der Waals surface area (Å²) < 4.78 is 0. The lowest BCUT2D eigenvalue weighted by molar-refractivity contribution is -0.125. The highest BCUT2D eigenvalue weighted by Gasteiger charge is 2.25. The highest BCUT2D eigenvalue weighted by atomic mass is 16.1. The van der Waals surface area contributed by atoms with Gasteiger partial charge in [0, 0.05) is 25.6 Å². The van der Waals surface area contributed by atoms with Gasteiger partial charge in [-0.2, -0.15) is 0 Å². The molecule has 1 amide bonds. The fourth-order valence-electron chi connectivity index (χ4n) is 3.01. The molecule has 118 valence electrons. The topological polar surface area (TPSA) is 61.0 Å². The molecular weight excluding hydrogens is 276 g/mol. The van der Waals surface area contributed by atoms with Crippen molar-refractivity contribution in [1.29, 1.82) is 0 Å². The van der Waals surface area contributed by atoms with Gasteiger partial charge in [0.25, 0.3) is 0 Å². The second-order valence-electron chi connectivity index (χ2n) is 6.13. The van der Waals surface area contributed by atoms with Crippen LogP contribution in [-0.4, -0.2) is 35.5 Å². The number of benzene rings is 1. The maximum absolute atomic E-state index is 12.0. The molecule has 0 saturated carbocycles. The molecule has 2 N–H and O–H groups in total. The molecule has 0 radical (unpaired) electrons. The molecule has 5 nitrogen and oxygen atoms in total. The molecule has 3 rings (SSSR count). The minimum Gasteiger partial charge on any atom is -0.356 e. The second-order valence-corrected chi connectivity index (χ2v) is 6.13. The van der Waals surface area contributed by atoms with Gasteiger partial charge in [-0.05, 0) is 43.9 Å². The number of anilines is 1. The summed E-state index contributed by atoms with van der Waals surface area (Å²) in [6, 6.07) is 6.25. The summed E-state index contributed by atoms with van der Waals surface area (Å²) in [5.41, 5.74) is 3.32. The van der Waals surface area contributed by atoms with E-state index in [1.165, 1.54) is 5.56 Å². The lowest BCUT2D eigenvalue weighted by Gasteiger charge is -2.31. The van der Waals surface area contributed by atoms with Gasteiger partial charge in [0.2, 0.25) is 11.9 Å². The van der Waals surface area contributed by atoms with E-state index in [0.717, 1.165) is 55.9 Å². The van der Waals surface area contributed by atoms with E-state index in [2.05, 4.69) is 52.2 Å². The monoisotopic (exact) mass is 300 g/mol. The summed E-state index contributed by atoms with van der Waals surface area (Å²) in [5.74, 6) is 1.28. The van der Waals surface area contributed by atoms with Gasteiger partial charge >= 0.3 is 0 Å². The Labute approximate surface area is 131 Å². The van der Waals surface area contributed by atoms with Crippen LogP contribution >= 0.6 is 0 Å². The molecule has 0 aliphatic carbocycles. The van der Waals surface area contributed by atoms with Crippen LogP contribution in [0.2, 0.25) is 0 Å². The van der Waals surface area contributed by atoms with Gasteiger partial charge < -0.3 is 15.2 Å². The number of hydrogen-bond donors (Lipinski definition) is 2. The predicted molar refractivity (Wildman–Crippen MR) is 89.1 cm³/mol. The van der Waals surface area contributed by atoms with Crippen LogP contribution in [0.4, 0.5) is 5.95 Å². The van der Waals surface area contributed by atoms with E-state index in [1.807, 2.05) is 0 Å². The van der Waals surface area contributed by atoms with Crippen LogP contribution in [0.3, 0.4) is 0 Å². The molecular formula is C17H24N4O. The average molecular weight is 300 g/mol. The molecule has 1 fully saturated rings. The highest BCUT2D eigenvalue weighted by Crippen LogP contribution is 2.24. The summed E-state index contributed by atoms with van der Waals surface area (Å²) >= 11 is 0. The van der Waals surface area contributed by atoms with Crippen molar-refractivity contribution in [1.82, 2.24) is 15.3 Å². The highest BCUT2D eigenvalue weighted by molar-refractivity contribution is 5.80. The quantitative estimate of drug-likeness (QED) is 0.912. The zero-order chi connectivity index (χ0) is 15.5. The number of carbonyl (C=O) groups excluding carboxylic acids is 1. The molecule has 1 aliphatic rings. The van der Waals surface area contributed by atoms with Gasteiger partial charge in [-0.15, -0.1) is 0 Å². The molecule has 0 unspecified atom stereocenters. The zero-order valence-electron chi connectivity index (χ0n) is 13.4. The normalized spacial score (nSPS) is 16.2. The van der Waals surface area contributed by atoms with Crippen molar-refractivity contribution in [3.63, 3.8) is 0 Å². The fraction of sp³-hybridized carbons (Fsp3) is 0.529. The maximum atomic E-state index is 12.0. The number of imidazole rings is 1. The van der Waals surface area contributed by atoms with Crippen LogP contribution in [0.1, 0.15) is 31.7 Å². The largest absolute Gasteiger partial charge is 0.356 e. The summed E-state index contributed by atoms with van der Waals surface area (Å²) in [6.07, 6.45) is 2.78. The third kappa shape index (κ3) is 3.08. The van der Waals surface area contributed by atoms with Gasteiger partial charge in [-0.3, -0.25) is 4.79 Å². The molecule has 0 bridgehead atoms. The number of piperidine rings is 1.